The van der Waals surface area contributed by atoms with Gasteiger partial charge in [0.1, 0.15) is 5.75 Å². The van der Waals surface area contributed by atoms with Gasteiger partial charge in [-0.25, -0.2) is 17.6 Å². The molecule has 0 atom stereocenters. The van der Waals surface area contributed by atoms with Crippen LogP contribution in [0, 0.1) is 21.4 Å². The molecule has 26 heavy (non-hydrogen) atoms. The van der Waals surface area contributed by atoms with Crippen molar-refractivity contribution < 1.29 is 32.0 Å². The number of nitrogens with zero attached hydrogens (tertiary/aromatic N) is 2. The molecule has 0 spiro atoms. The van der Waals surface area contributed by atoms with Crippen molar-refractivity contribution in [3.05, 3.63) is 40.0 Å². The zero-order chi connectivity index (χ0) is 19.5. The maximum Gasteiger partial charge on any atom is 0.286 e. The lowest BCUT2D eigenvalue weighted by molar-refractivity contribution is -0.384. The lowest BCUT2D eigenvalue weighted by Crippen LogP contribution is -2.51. The topological polar surface area (TPSA) is 105 Å². The molecule has 0 unspecified atom stereocenters. The number of nitro groups is 1. The first-order chi connectivity index (χ1) is 12.2. The highest BCUT2D eigenvalue weighted by molar-refractivity contribution is 6.21. The van der Waals surface area contributed by atoms with Gasteiger partial charge >= 0.3 is 0 Å². The summed E-state index contributed by atoms with van der Waals surface area (Å²) in [5.74, 6) is -1.54. The number of hydrogen-bond acceptors (Lipinski definition) is 5. The Morgan fingerprint density at radius 3 is 2.54 bits per heavy atom. The Balaban J connectivity index is 2.58. The van der Waals surface area contributed by atoms with E-state index in [4.69, 9.17) is 10.00 Å². The number of fused-ring (bicyclic) bond motifs is 1. The summed E-state index contributed by atoms with van der Waals surface area (Å²) in [5, 5.41) is 21.6. The average Bonchev–Trinajstić information content (AvgIpc) is 2.59. The average molecular weight is 373 g/mol. The first kappa shape index (κ1) is 19.2. The van der Waals surface area contributed by atoms with Gasteiger partial charge < -0.3 is 10.1 Å². The van der Waals surface area contributed by atoms with Crippen LogP contribution in [0.25, 0.3) is 5.57 Å². The third-order valence-corrected chi connectivity index (χ3v) is 3.57. The standard InChI is InChI=1S/C15H11F4N3O4/c16-13(17)15(14(18)19)7-10(12(23)21-5-1-4-20)9-6-8(22(24)25)2-3-11(9)26-15/h2-3,6-7,13-14H,1,5H2,(H,21,23). The number of ether oxygens (including phenoxy) is 1. The molecule has 1 aliphatic rings. The van der Waals surface area contributed by atoms with Crippen LogP contribution >= 0.6 is 0 Å². The van der Waals surface area contributed by atoms with Crippen molar-refractivity contribution >= 4 is 17.2 Å². The molecule has 7 nitrogen and oxygen atoms in total. The second-order valence-electron chi connectivity index (χ2n) is 5.22. The lowest BCUT2D eigenvalue weighted by atomic mass is 9.91. The van der Waals surface area contributed by atoms with Crippen molar-refractivity contribution in [3.8, 4) is 11.8 Å². The molecule has 0 aliphatic carbocycles. The Morgan fingerprint density at radius 1 is 1.35 bits per heavy atom. The van der Waals surface area contributed by atoms with Gasteiger partial charge in [0.25, 0.3) is 24.4 Å². The van der Waals surface area contributed by atoms with E-state index in [1.807, 2.05) is 0 Å². The smallest absolute Gasteiger partial charge is 0.286 e. The molecule has 0 saturated heterocycles. The van der Waals surface area contributed by atoms with Gasteiger partial charge in [-0.3, -0.25) is 14.9 Å². The van der Waals surface area contributed by atoms with Crippen LogP contribution in [0.3, 0.4) is 0 Å². The number of halogens is 4. The third-order valence-electron chi connectivity index (χ3n) is 3.57. The Kier molecular flexibility index (Phi) is 5.44. The summed E-state index contributed by atoms with van der Waals surface area (Å²) >= 11 is 0. The fourth-order valence-corrected chi connectivity index (χ4v) is 2.28. The van der Waals surface area contributed by atoms with Gasteiger partial charge in [0.2, 0.25) is 5.60 Å². The van der Waals surface area contributed by atoms with Crippen LogP contribution in [-0.4, -0.2) is 35.8 Å². The van der Waals surface area contributed by atoms with Gasteiger partial charge in [0.05, 0.1) is 23.0 Å². The van der Waals surface area contributed by atoms with E-state index in [2.05, 4.69) is 5.32 Å². The minimum atomic E-state index is -3.67. The zero-order valence-electron chi connectivity index (χ0n) is 12.9. The van der Waals surface area contributed by atoms with E-state index < -0.39 is 46.3 Å². The summed E-state index contributed by atoms with van der Waals surface area (Å²) < 4.78 is 58.1. The van der Waals surface area contributed by atoms with Gasteiger partial charge in [0, 0.05) is 24.2 Å². The molecule has 0 aromatic heterocycles. The summed E-state index contributed by atoms with van der Waals surface area (Å²) in [5.41, 5.74) is -4.74. The van der Waals surface area contributed by atoms with Gasteiger partial charge in [-0.05, 0) is 12.1 Å². The third kappa shape index (κ3) is 3.44. The first-order valence-electron chi connectivity index (χ1n) is 7.15. The van der Waals surface area contributed by atoms with Crippen LogP contribution in [0.5, 0.6) is 5.75 Å². The summed E-state index contributed by atoms with van der Waals surface area (Å²) in [6.45, 7) is -0.159. The lowest BCUT2D eigenvalue weighted by Gasteiger charge is -2.35. The number of alkyl halides is 4. The second-order valence-corrected chi connectivity index (χ2v) is 5.22. The summed E-state index contributed by atoms with van der Waals surface area (Å²) in [7, 11) is 0. The Bertz CT molecular complexity index is 797. The number of nitro benzene ring substituents is 1. The molecule has 1 aromatic rings. The van der Waals surface area contributed by atoms with E-state index >= 15 is 0 Å². The van der Waals surface area contributed by atoms with Gasteiger partial charge in [-0.1, -0.05) is 0 Å². The van der Waals surface area contributed by atoms with Crippen molar-refractivity contribution in [3.63, 3.8) is 0 Å². The monoisotopic (exact) mass is 373 g/mol. The van der Waals surface area contributed by atoms with Gasteiger partial charge in [-0.2, -0.15) is 5.26 Å². The van der Waals surface area contributed by atoms with Crippen LogP contribution in [0.1, 0.15) is 12.0 Å². The Hall–Kier alpha value is -3.16. The molecular weight excluding hydrogens is 362 g/mol. The quantitative estimate of drug-likeness (QED) is 0.357. The summed E-state index contributed by atoms with van der Waals surface area (Å²) in [6.07, 6.45) is -7.18. The van der Waals surface area contributed by atoms with E-state index in [0.29, 0.717) is 0 Å². The first-order valence-corrected chi connectivity index (χ1v) is 7.15. The molecule has 0 saturated carbocycles. The molecule has 2 rings (SSSR count). The molecule has 1 amide bonds. The molecular formula is C15H11F4N3O4. The van der Waals surface area contributed by atoms with E-state index in [-0.39, 0.29) is 24.6 Å². The molecule has 138 valence electrons. The molecule has 1 N–H and O–H groups in total. The highest BCUT2D eigenvalue weighted by Gasteiger charge is 2.53. The van der Waals surface area contributed by atoms with E-state index in [1.54, 1.807) is 6.07 Å². The van der Waals surface area contributed by atoms with Crippen LogP contribution in [0.15, 0.2) is 24.3 Å². The predicted molar refractivity (Wildman–Crippen MR) is 79.7 cm³/mol. The molecule has 1 aromatic carbocycles. The Labute approximate surface area is 144 Å². The number of carbonyl (C=O) groups is 1. The van der Waals surface area contributed by atoms with Crippen molar-refractivity contribution in [1.29, 1.82) is 5.26 Å². The highest BCUT2D eigenvalue weighted by Crippen LogP contribution is 2.43. The predicted octanol–water partition coefficient (Wildman–Crippen LogP) is 2.67. The van der Waals surface area contributed by atoms with E-state index in [1.165, 1.54) is 0 Å². The molecule has 1 aliphatic heterocycles. The minimum Gasteiger partial charge on any atom is -0.470 e. The van der Waals surface area contributed by atoms with Crippen molar-refractivity contribution in [1.82, 2.24) is 5.32 Å². The maximum absolute atomic E-state index is 13.3. The molecule has 1 heterocycles. The SMILES string of the molecule is N#CCCNC(=O)C1=CC(C(F)F)(C(F)F)Oc2ccc([N+](=O)[O-])cc21. The zero-order valence-corrected chi connectivity index (χ0v) is 12.9. The summed E-state index contributed by atoms with van der Waals surface area (Å²) in [6, 6.07) is 4.36. The number of rotatable bonds is 6. The van der Waals surface area contributed by atoms with Gasteiger partial charge in [-0.15, -0.1) is 0 Å². The number of hydrogen-bond donors (Lipinski definition) is 1. The van der Waals surface area contributed by atoms with E-state index in [0.717, 1.165) is 18.2 Å². The Morgan fingerprint density at radius 2 is 2.00 bits per heavy atom. The number of nitriles is 1. The molecule has 0 fully saturated rings. The maximum atomic E-state index is 13.3. The normalized spacial score (nSPS) is 14.9. The number of amides is 1. The van der Waals surface area contributed by atoms with Crippen molar-refractivity contribution in [2.24, 2.45) is 0 Å². The fourth-order valence-electron chi connectivity index (χ4n) is 2.28. The van der Waals surface area contributed by atoms with Crippen LogP contribution in [0.2, 0.25) is 0 Å². The number of non-ortho nitro benzene ring substituents is 1. The molecule has 0 radical (unpaired) electrons. The number of nitrogens with one attached hydrogen (secondary N) is 1. The van der Waals surface area contributed by atoms with Crippen LogP contribution in [-0.2, 0) is 4.79 Å². The van der Waals surface area contributed by atoms with Crippen LogP contribution in [0.4, 0.5) is 23.2 Å². The fraction of sp³-hybridized carbons (Fsp3) is 0.333. The summed E-state index contributed by atoms with van der Waals surface area (Å²) in [4.78, 5) is 22.3. The second kappa shape index (κ2) is 7.38. The highest BCUT2D eigenvalue weighted by atomic mass is 19.3. The van der Waals surface area contributed by atoms with Gasteiger partial charge in [0.15, 0.2) is 0 Å². The van der Waals surface area contributed by atoms with Crippen molar-refractivity contribution in [2.45, 2.75) is 24.9 Å². The van der Waals surface area contributed by atoms with Crippen molar-refractivity contribution in [2.75, 3.05) is 6.54 Å². The van der Waals surface area contributed by atoms with Crippen LogP contribution < -0.4 is 10.1 Å². The minimum absolute atomic E-state index is 0.105. The molecule has 11 heteroatoms. The number of benzene rings is 1. The molecule has 0 bridgehead atoms. The number of carbonyl (C=O) groups excluding carboxylic acids is 1. The van der Waals surface area contributed by atoms with E-state index in [9.17, 15) is 32.5 Å². The largest absolute Gasteiger partial charge is 0.470 e.